The fraction of sp³-hybridized carbons (Fsp3) is 0.714. The first-order chi connectivity index (χ1) is 4.31. The van der Waals surface area contributed by atoms with Gasteiger partial charge >= 0.3 is 0 Å². The molecule has 0 aromatic heterocycles. The zero-order valence-electron chi connectivity index (χ0n) is 6.00. The third-order valence-corrected chi connectivity index (χ3v) is 0.907. The Kier molecular flexibility index (Phi) is 5.57. The fourth-order valence-electron chi connectivity index (χ4n) is 0.516. The summed E-state index contributed by atoms with van der Waals surface area (Å²) in [5.74, 6) is 0. The van der Waals surface area contributed by atoms with Crippen molar-refractivity contribution >= 4 is 0 Å². The molecule has 2 nitrogen and oxygen atoms in total. The van der Waals surface area contributed by atoms with Crippen molar-refractivity contribution in [2.24, 2.45) is 0 Å². The minimum absolute atomic E-state index is 0.404. The van der Waals surface area contributed by atoms with Gasteiger partial charge in [0.1, 0.15) is 0 Å². The van der Waals surface area contributed by atoms with E-state index in [4.69, 9.17) is 9.84 Å². The van der Waals surface area contributed by atoms with Crippen molar-refractivity contribution in [2.45, 2.75) is 20.0 Å². The molecule has 1 atom stereocenters. The van der Waals surface area contributed by atoms with Gasteiger partial charge in [-0.3, -0.25) is 0 Å². The van der Waals surface area contributed by atoms with Crippen LogP contribution in [0.25, 0.3) is 0 Å². The number of hydrogen-bond acceptors (Lipinski definition) is 2. The predicted molar refractivity (Wildman–Crippen MR) is 37.3 cm³/mol. The summed E-state index contributed by atoms with van der Waals surface area (Å²) in [5, 5.41) is 8.97. The molecule has 54 valence electrons. The average molecular weight is 130 g/mol. The normalized spacial score (nSPS) is 14.6. The van der Waals surface area contributed by atoms with E-state index in [1.807, 2.05) is 19.9 Å². The van der Waals surface area contributed by atoms with Crippen molar-refractivity contribution in [1.29, 1.82) is 0 Å². The quantitative estimate of drug-likeness (QED) is 0.574. The number of aliphatic hydroxyl groups excluding tert-OH is 1. The molecule has 0 rings (SSSR count). The van der Waals surface area contributed by atoms with Crippen molar-refractivity contribution in [3.8, 4) is 0 Å². The number of rotatable bonds is 4. The van der Waals surface area contributed by atoms with E-state index in [0.717, 1.165) is 0 Å². The van der Waals surface area contributed by atoms with E-state index in [-0.39, 0.29) is 0 Å². The van der Waals surface area contributed by atoms with Crippen LogP contribution in [0.3, 0.4) is 0 Å². The summed E-state index contributed by atoms with van der Waals surface area (Å²) in [6.07, 6.45) is 3.08. The van der Waals surface area contributed by atoms with E-state index in [9.17, 15) is 0 Å². The third-order valence-electron chi connectivity index (χ3n) is 0.907. The molecule has 0 amide bonds. The second-order valence-corrected chi connectivity index (χ2v) is 1.75. The minimum atomic E-state index is -0.435. The third kappa shape index (κ3) is 5.53. The molecule has 0 fully saturated rings. The Morgan fingerprint density at radius 3 is 2.78 bits per heavy atom. The van der Waals surface area contributed by atoms with Crippen molar-refractivity contribution in [3.63, 3.8) is 0 Å². The van der Waals surface area contributed by atoms with Crippen LogP contribution in [0.2, 0.25) is 0 Å². The van der Waals surface area contributed by atoms with Crippen LogP contribution in [0.1, 0.15) is 13.8 Å². The van der Waals surface area contributed by atoms with Crippen molar-refractivity contribution in [1.82, 2.24) is 0 Å². The first-order valence-electron chi connectivity index (χ1n) is 3.19. The second-order valence-electron chi connectivity index (χ2n) is 1.75. The van der Waals surface area contributed by atoms with E-state index >= 15 is 0 Å². The summed E-state index contributed by atoms with van der Waals surface area (Å²) in [6, 6.07) is 0. The molecule has 0 aliphatic carbocycles. The van der Waals surface area contributed by atoms with E-state index < -0.39 is 6.10 Å². The molecule has 1 unspecified atom stereocenters. The zero-order chi connectivity index (χ0) is 7.11. The Morgan fingerprint density at radius 1 is 1.67 bits per heavy atom. The van der Waals surface area contributed by atoms with Crippen molar-refractivity contribution in [3.05, 3.63) is 12.2 Å². The first-order valence-corrected chi connectivity index (χ1v) is 3.19. The lowest BCUT2D eigenvalue weighted by Crippen LogP contribution is -2.11. The molecule has 0 spiro atoms. The Bertz CT molecular complexity index is 79.0. The van der Waals surface area contributed by atoms with Gasteiger partial charge in [0.25, 0.3) is 0 Å². The molecule has 0 radical (unpaired) electrons. The zero-order valence-corrected chi connectivity index (χ0v) is 6.00. The summed E-state index contributed by atoms with van der Waals surface area (Å²) in [6.45, 7) is 4.84. The standard InChI is InChI=1S/C7H14O2/c1-3-5-7(8)6-9-4-2/h3,5,7-8H,4,6H2,1-2H3/b5-3+. The molecule has 1 N–H and O–H groups in total. The highest BCUT2D eigenvalue weighted by atomic mass is 16.5. The highest BCUT2D eigenvalue weighted by molar-refractivity contribution is 4.84. The predicted octanol–water partition coefficient (Wildman–Crippen LogP) is 0.960. The Labute approximate surface area is 56.1 Å². The van der Waals surface area contributed by atoms with Crippen LogP contribution in [0.15, 0.2) is 12.2 Å². The van der Waals surface area contributed by atoms with E-state index in [0.29, 0.717) is 13.2 Å². The molecule has 0 heterocycles. The number of allylic oxidation sites excluding steroid dienone is 1. The molecule has 0 saturated heterocycles. The topological polar surface area (TPSA) is 29.5 Å². The summed E-state index contributed by atoms with van der Waals surface area (Å²) >= 11 is 0. The average Bonchev–Trinajstić information content (AvgIpc) is 1.85. The molecule has 0 saturated carbocycles. The fourth-order valence-corrected chi connectivity index (χ4v) is 0.516. The number of aliphatic hydroxyl groups is 1. The Balaban J connectivity index is 3.15. The monoisotopic (exact) mass is 130 g/mol. The van der Waals surface area contributed by atoms with Crippen LogP contribution < -0.4 is 0 Å². The minimum Gasteiger partial charge on any atom is -0.387 e. The van der Waals surface area contributed by atoms with Crippen LogP contribution in [0, 0.1) is 0 Å². The van der Waals surface area contributed by atoms with Gasteiger partial charge in [0.2, 0.25) is 0 Å². The van der Waals surface area contributed by atoms with E-state index in [1.54, 1.807) is 6.08 Å². The van der Waals surface area contributed by atoms with E-state index in [2.05, 4.69) is 0 Å². The SMILES string of the molecule is C/C=C/C(O)COCC. The smallest absolute Gasteiger partial charge is 0.0954 e. The Morgan fingerprint density at radius 2 is 2.33 bits per heavy atom. The Hall–Kier alpha value is -0.340. The maximum atomic E-state index is 8.97. The highest BCUT2D eigenvalue weighted by Crippen LogP contribution is 1.86. The number of ether oxygens (including phenoxy) is 1. The van der Waals surface area contributed by atoms with Gasteiger partial charge in [-0.1, -0.05) is 12.2 Å². The lowest BCUT2D eigenvalue weighted by atomic mass is 10.3. The van der Waals surface area contributed by atoms with Gasteiger partial charge in [0.15, 0.2) is 0 Å². The maximum Gasteiger partial charge on any atom is 0.0954 e. The van der Waals surface area contributed by atoms with Crippen LogP contribution >= 0.6 is 0 Å². The van der Waals surface area contributed by atoms with Gasteiger partial charge in [-0.05, 0) is 13.8 Å². The molecule has 2 heteroatoms. The lowest BCUT2D eigenvalue weighted by molar-refractivity contribution is 0.0668. The van der Waals surface area contributed by atoms with Gasteiger partial charge in [-0.25, -0.2) is 0 Å². The van der Waals surface area contributed by atoms with Crippen LogP contribution in [0.4, 0.5) is 0 Å². The molecule has 0 aliphatic rings. The van der Waals surface area contributed by atoms with Gasteiger partial charge in [-0.2, -0.15) is 0 Å². The van der Waals surface area contributed by atoms with Crippen LogP contribution in [0.5, 0.6) is 0 Å². The van der Waals surface area contributed by atoms with Crippen LogP contribution in [-0.2, 0) is 4.74 Å². The van der Waals surface area contributed by atoms with Gasteiger partial charge in [-0.15, -0.1) is 0 Å². The summed E-state index contributed by atoms with van der Waals surface area (Å²) in [5.41, 5.74) is 0. The van der Waals surface area contributed by atoms with Gasteiger partial charge in [0, 0.05) is 6.61 Å². The summed E-state index contributed by atoms with van der Waals surface area (Å²) in [7, 11) is 0. The highest BCUT2D eigenvalue weighted by Gasteiger charge is 1.94. The molecule has 0 aromatic rings. The number of hydrogen-bond donors (Lipinski definition) is 1. The van der Waals surface area contributed by atoms with Crippen molar-refractivity contribution < 1.29 is 9.84 Å². The van der Waals surface area contributed by atoms with Crippen LogP contribution in [-0.4, -0.2) is 24.4 Å². The van der Waals surface area contributed by atoms with Gasteiger partial charge in [0.05, 0.1) is 12.7 Å². The maximum absolute atomic E-state index is 8.97. The molecule has 0 bridgehead atoms. The second kappa shape index (κ2) is 5.79. The molecular formula is C7H14O2. The lowest BCUT2D eigenvalue weighted by Gasteiger charge is -2.03. The molecule has 0 aliphatic heterocycles. The van der Waals surface area contributed by atoms with Crippen molar-refractivity contribution in [2.75, 3.05) is 13.2 Å². The van der Waals surface area contributed by atoms with E-state index in [1.165, 1.54) is 0 Å². The molecule has 9 heavy (non-hydrogen) atoms. The molecular weight excluding hydrogens is 116 g/mol. The molecule has 0 aromatic carbocycles. The van der Waals surface area contributed by atoms with Gasteiger partial charge < -0.3 is 9.84 Å². The first kappa shape index (κ1) is 8.66. The summed E-state index contributed by atoms with van der Waals surface area (Å²) < 4.78 is 4.95. The summed E-state index contributed by atoms with van der Waals surface area (Å²) in [4.78, 5) is 0. The largest absolute Gasteiger partial charge is 0.387 e.